The average molecular weight is 748 g/mol. The first-order valence-electron chi connectivity index (χ1n) is 16.4. The number of carbonyl (C=O) groups excluding carboxylic acids is 4. The molecule has 0 saturated carbocycles. The van der Waals surface area contributed by atoms with E-state index in [0.29, 0.717) is 0 Å². The van der Waals surface area contributed by atoms with Crippen LogP contribution in [0.2, 0.25) is 0 Å². The standard InChI is InChI=1S/C34H37NO18/c1-10-22(37)14(35-33(47)53-32-29(44)27(42)28(43)30(52-32)31(45)46)7-17(50-10)51-16-9-34(48,11(2)36)8-13-19(16)26(41)21-20(24(13)39)23(38)12-5-4-6-15(49-3)18(12)25(21)40/h4-6,10,14,16-17,22,27-30,32,37,39,41-44,48H,7-9H2,1-3H3,(H,35,47)(H,45,46)/t10-,14-,16-,17-,22+,27-,28-,29+,30-,32-,34-/m0/s1. The molecule has 2 fully saturated rings. The van der Waals surface area contributed by atoms with Crippen LogP contribution in [-0.2, 0) is 35.0 Å². The van der Waals surface area contributed by atoms with E-state index in [1.807, 2.05) is 0 Å². The van der Waals surface area contributed by atoms with E-state index >= 15 is 0 Å². The van der Waals surface area contributed by atoms with Crippen molar-refractivity contribution in [3.63, 3.8) is 0 Å². The molecule has 2 aliphatic heterocycles. The van der Waals surface area contributed by atoms with Gasteiger partial charge in [0.05, 0.1) is 42.0 Å². The minimum absolute atomic E-state index is 0.0297. The third-order valence-electron chi connectivity index (χ3n) is 10.1. The van der Waals surface area contributed by atoms with Crippen LogP contribution in [0.1, 0.15) is 75.8 Å². The molecule has 19 nitrogen and oxygen atoms in total. The highest BCUT2D eigenvalue weighted by molar-refractivity contribution is 6.31. The summed E-state index contributed by atoms with van der Waals surface area (Å²) in [5.41, 5.74) is -4.05. The number of rotatable bonds is 7. The number of aliphatic hydroxyl groups excluding tert-OH is 4. The number of carbonyl (C=O) groups is 5. The molecule has 2 aromatic rings. The number of carboxylic acids is 1. The molecule has 2 saturated heterocycles. The number of ether oxygens (including phenoxy) is 5. The van der Waals surface area contributed by atoms with E-state index in [2.05, 4.69) is 5.32 Å². The molecule has 2 heterocycles. The topological polar surface area (TPSA) is 305 Å². The number of carboxylic acid groups (broad SMARTS) is 1. The normalized spacial score (nSPS) is 33.6. The summed E-state index contributed by atoms with van der Waals surface area (Å²) in [7, 11) is 1.28. The van der Waals surface area contributed by atoms with Gasteiger partial charge in [-0.25, -0.2) is 9.59 Å². The van der Waals surface area contributed by atoms with Gasteiger partial charge < -0.3 is 69.9 Å². The van der Waals surface area contributed by atoms with Gasteiger partial charge in [-0.2, -0.15) is 0 Å². The van der Waals surface area contributed by atoms with Crippen molar-refractivity contribution in [2.24, 2.45) is 0 Å². The molecule has 0 aromatic heterocycles. The lowest BCUT2D eigenvalue weighted by molar-refractivity contribution is -0.279. The Morgan fingerprint density at radius 1 is 0.925 bits per heavy atom. The average Bonchev–Trinajstić information content (AvgIpc) is 3.10. The third kappa shape index (κ3) is 6.38. The number of alkyl carbamates (subject to hydrolysis) is 1. The molecule has 286 valence electrons. The van der Waals surface area contributed by atoms with E-state index < -0.39 is 132 Å². The Hall–Kier alpha value is -4.73. The fourth-order valence-corrected chi connectivity index (χ4v) is 7.21. The van der Waals surface area contributed by atoms with Gasteiger partial charge in [0.25, 0.3) is 0 Å². The van der Waals surface area contributed by atoms with E-state index in [1.54, 1.807) is 0 Å². The Bertz CT molecular complexity index is 1880. The molecular weight excluding hydrogens is 710 g/mol. The van der Waals surface area contributed by atoms with Gasteiger partial charge >= 0.3 is 12.1 Å². The van der Waals surface area contributed by atoms with Crippen LogP contribution in [0, 0.1) is 0 Å². The van der Waals surface area contributed by atoms with Crippen molar-refractivity contribution in [3.05, 3.63) is 51.6 Å². The Kier molecular flexibility index (Phi) is 9.98. The van der Waals surface area contributed by atoms with Crippen molar-refractivity contribution in [2.75, 3.05) is 7.11 Å². The SMILES string of the molecule is COc1cccc2c1C(=O)c1c(O)c3c(c(O)c1C2=O)C[C@@](O)(C(C)=O)C[C@@H]3O[C@H]1C[C@H](NC(=O)O[C@@H]2O[C@H](C(=O)O)[C@@H](O)[C@H](O)[C@H]2O)[C@H](O)[C@H](C)O1. The minimum Gasteiger partial charge on any atom is -0.507 e. The zero-order valence-electron chi connectivity index (χ0n) is 28.3. The van der Waals surface area contributed by atoms with Crippen LogP contribution >= 0.6 is 0 Å². The number of nitrogens with one attached hydrogen (secondary N) is 1. The molecule has 1 amide bonds. The molecule has 0 bridgehead atoms. The lowest BCUT2D eigenvalue weighted by atomic mass is 9.72. The second kappa shape index (κ2) is 13.9. The molecule has 2 aliphatic carbocycles. The van der Waals surface area contributed by atoms with Crippen LogP contribution in [-0.4, -0.2) is 138 Å². The quantitative estimate of drug-likeness (QED) is 0.127. The maximum absolute atomic E-state index is 13.9. The van der Waals surface area contributed by atoms with Crippen LogP contribution in [0.4, 0.5) is 4.79 Å². The number of ketones is 3. The van der Waals surface area contributed by atoms with Crippen molar-refractivity contribution in [2.45, 2.75) is 100 Å². The summed E-state index contributed by atoms with van der Waals surface area (Å²) in [6, 6.07) is 2.98. The Morgan fingerprint density at radius 3 is 2.25 bits per heavy atom. The summed E-state index contributed by atoms with van der Waals surface area (Å²) in [6.45, 7) is 2.49. The first kappa shape index (κ1) is 38.0. The predicted molar refractivity (Wildman–Crippen MR) is 170 cm³/mol. The zero-order chi connectivity index (χ0) is 38.8. The fraction of sp³-hybridized carbons (Fsp3) is 0.500. The number of phenolic OH excluding ortho intramolecular Hbond substituents is 2. The van der Waals surface area contributed by atoms with Gasteiger partial charge in [-0.05, 0) is 19.9 Å². The highest BCUT2D eigenvalue weighted by Gasteiger charge is 2.51. The number of amides is 1. The van der Waals surface area contributed by atoms with Crippen LogP contribution in [0.5, 0.6) is 17.2 Å². The number of benzene rings is 2. The van der Waals surface area contributed by atoms with Gasteiger partial charge in [0, 0.05) is 36.0 Å². The molecule has 19 heteroatoms. The summed E-state index contributed by atoms with van der Waals surface area (Å²) in [5, 5.41) is 87.2. The van der Waals surface area contributed by atoms with Gasteiger partial charge in [-0.1, -0.05) is 12.1 Å². The Balaban J connectivity index is 1.29. The molecule has 2 aromatic carbocycles. The minimum atomic E-state index is -2.20. The molecule has 53 heavy (non-hydrogen) atoms. The molecular formula is C34H37NO18. The van der Waals surface area contributed by atoms with Gasteiger partial charge in [0.15, 0.2) is 24.0 Å². The number of phenols is 2. The van der Waals surface area contributed by atoms with E-state index in [1.165, 1.54) is 32.2 Å². The molecule has 9 N–H and O–H groups in total. The smallest absolute Gasteiger partial charge is 0.409 e. The lowest BCUT2D eigenvalue weighted by Crippen LogP contribution is -2.61. The number of hydrogen-bond donors (Lipinski definition) is 9. The molecule has 0 radical (unpaired) electrons. The molecule has 0 spiro atoms. The number of methoxy groups -OCH3 is 1. The van der Waals surface area contributed by atoms with Gasteiger partial charge in [-0.3, -0.25) is 14.4 Å². The first-order chi connectivity index (χ1) is 24.9. The summed E-state index contributed by atoms with van der Waals surface area (Å²) >= 11 is 0. The molecule has 11 atom stereocenters. The first-order valence-corrected chi connectivity index (χ1v) is 16.4. The van der Waals surface area contributed by atoms with E-state index in [9.17, 15) is 64.8 Å². The van der Waals surface area contributed by atoms with Crippen molar-refractivity contribution >= 4 is 29.4 Å². The number of fused-ring (bicyclic) bond motifs is 3. The maximum Gasteiger partial charge on any atom is 0.409 e. The van der Waals surface area contributed by atoms with Crippen molar-refractivity contribution in [1.82, 2.24) is 5.32 Å². The van der Waals surface area contributed by atoms with Crippen LogP contribution in [0.25, 0.3) is 0 Å². The number of aliphatic carboxylic acids is 1. The molecule has 0 unspecified atom stereocenters. The van der Waals surface area contributed by atoms with Crippen LogP contribution < -0.4 is 10.1 Å². The van der Waals surface area contributed by atoms with Gasteiger partial charge in [0.1, 0.15) is 47.3 Å². The molecule has 4 aliphatic rings. The maximum atomic E-state index is 13.9. The lowest BCUT2D eigenvalue weighted by Gasteiger charge is -2.43. The van der Waals surface area contributed by atoms with E-state index in [4.69, 9.17) is 23.7 Å². The number of aromatic hydroxyl groups is 2. The predicted octanol–water partition coefficient (Wildman–Crippen LogP) is -1.31. The van der Waals surface area contributed by atoms with E-state index in [-0.39, 0.29) is 34.4 Å². The molecule has 6 rings (SSSR count). The van der Waals surface area contributed by atoms with Gasteiger partial charge in [0.2, 0.25) is 12.1 Å². The Morgan fingerprint density at radius 2 is 1.60 bits per heavy atom. The zero-order valence-corrected chi connectivity index (χ0v) is 28.3. The summed E-state index contributed by atoms with van der Waals surface area (Å²) < 4.78 is 27.1. The summed E-state index contributed by atoms with van der Waals surface area (Å²) in [5.74, 6) is -5.65. The second-order valence-electron chi connectivity index (χ2n) is 13.4. The van der Waals surface area contributed by atoms with Crippen molar-refractivity contribution < 1.29 is 88.5 Å². The highest BCUT2D eigenvalue weighted by Crippen LogP contribution is 2.52. The highest BCUT2D eigenvalue weighted by atomic mass is 16.7. The van der Waals surface area contributed by atoms with Crippen LogP contribution in [0.15, 0.2) is 18.2 Å². The fourth-order valence-electron chi connectivity index (χ4n) is 7.21. The number of hydrogen-bond acceptors (Lipinski definition) is 17. The van der Waals surface area contributed by atoms with Crippen molar-refractivity contribution in [1.29, 1.82) is 0 Å². The largest absolute Gasteiger partial charge is 0.507 e. The number of Topliss-reactive ketones (excluding diaryl/α,β-unsaturated/α-hetero) is 1. The van der Waals surface area contributed by atoms with E-state index in [0.717, 1.165) is 6.92 Å². The summed E-state index contributed by atoms with van der Waals surface area (Å²) in [6.07, 6.45) is -18.5. The van der Waals surface area contributed by atoms with Crippen LogP contribution in [0.3, 0.4) is 0 Å². The third-order valence-corrected chi connectivity index (χ3v) is 10.1. The van der Waals surface area contributed by atoms with Gasteiger partial charge in [-0.15, -0.1) is 0 Å². The summed E-state index contributed by atoms with van der Waals surface area (Å²) in [4.78, 5) is 64.6. The second-order valence-corrected chi connectivity index (χ2v) is 13.4. The monoisotopic (exact) mass is 747 g/mol. The number of aliphatic hydroxyl groups is 5. The Labute approximate surface area is 299 Å². The van der Waals surface area contributed by atoms with Crippen molar-refractivity contribution in [3.8, 4) is 17.2 Å².